The third-order valence-corrected chi connectivity index (χ3v) is 4.75. The van der Waals surface area contributed by atoms with Gasteiger partial charge in [-0.15, -0.1) is 0 Å². The van der Waals surface area contributed by atoms with Gasteiger partial charge in [0.15, 0.2) is 11.5 Å². The van der Waals surface area contributed by atoms with Crippen molar-refractivity contribution in [3.8, 4) is 23.0 Å². The van der Waals surface area contributed by atoms with Gasteiger partial charge in [0.05, 0.1) is 31.7 Å². The second-order valence-corrected chi connectivity index (χ2v) is 6.25. The van der Waals surface area contributed by atoms with Crippen molar-refractivity contribution in [3.63, 3.8) is 0 Å². The molecule has 0 saturated carbocycles. The van der Waals surface area contributed by atoms with Crippen LogP contribution in [0.15, 0.2) is 41.2 Å². The molecule has 2 N–H and O–H groups in total. The number of hydrogen-bond acceptors (Lipinski definition) is 6. The molecule has 27 heavy (non-hydrogen) atoms. The maximum absolute atomic E-state index is 12.8. The molecule has 3 aromatic rings. The molecule has 1 aliphatic heterocycles. The summed E-state index contributed by atoms with van der Waals surface area (Å²) in [7, 11) is 2.84. The fourth-order valence-corrected chi connectivity index (χ4v) is 3.48. The van der Waals surface area contributed by atoms with Crippen molar-refractivity contribution in [2.45, 2.75) is 12.3 Å². The summed E-state index contributed by atoms with van der Waals surface area (Å²) in [5.74, 6) is -0.479. The van der Waals surface area contributed by atoms with Crippen molar-refractivity contribution in [1.82, 2.24) is 4.98 Å². The number of carbonyl (C=O) groups is 1. The fourth-order valence-electron chi connectivity index (χ4n) is 3.48. The number of aromatic nitrogens is 1. The average Bonchev–Trinajstić information content (AvgIpc) is 2.67. The van der Waals surface area contributed by atoms with Crippen molar-refractivity contribution >= 4 is 16.9 Å². The highest BCUT2D eigenvalue weighted by Gasteiger charge is 2.33. The molecule has 0 bridgehead atoms. The second-order valence-electron chi connectivity index (χ2n) is 6.25. The Morgan fingerprint density at radius 3 is 2.44 bits per heavy atom. The minimum absolute atomic E-state index is 0.00843. The van der Waals surface area contributed by atoms with Crippen LogP contribution >= 0.6 is 0 Å². The highest BCUT2D eigenvalue weighted by atomic mass is 16.5. The molecular weight excluding hydrogens is 350 g/mol. The monoisotopic (exact) mass is 367 g/mol. The van der Waals surface area contributed by atoms with Crippen LogP contribution in [0.4, 0.5) is 0 Å². The van der Waals surface area contributed by atoms with Crippen LogP contribution in [0.25, 0.3) is 10.9 Å². The SMILES string of the molecule is COc1cc([C@@H]2CC(=O)Oc3c2c(=O)[nH]c2ccccc32)cc(OC)c1O. The first-order valence-electron chi connectivity index (χ1n) is 8.34. The predicted molar refractivity (Wildman–Crippen MR) is 97.9 cm³/mol. The molecule has 2 heterocycles. The summed E-state index contributed by atoms with van der Waals surface area (Å²) in [6, 6.07) is 10.3. The van der Waals surface area contributed by atoms with Crippen LogP contribution in [0.3, 0.4) is 0 Å². The van der Waals surface area contributed by atoms with Crippen LogP contribution in [-0.4, -0.2) is 30.3 Å². The largest absolute Gasteiger partial charge is 0.502 e. The first-order valence-corrected chi connectivity index (χ1v) is 8.34. The lowest BCUT2D eigenvalue weighted by atomic mass is 9.86. The molecule has 2 aromatic carbocycles. The van der Waals surface area contributed by atoms with E-state index < -0.39 is 11.9 Å². The van der Waals surface area contributed by atoms with E-state index in [2.05, 4.69) is 4.98 Å². The Bertz CT molecular complexity index is 1090. The first kappa shape index (κ1) is 17.0. The van der Waals surface area contributed by atoms with Crippen molar-refractivity contribution in [3.05, 3.63) is 57.9 Å². The number of ether oxygens (including phenoxy) is 3. The summed E-state index contributed by atoms with van der Waals surface area (Å²) in [6.07, 6.45) is -0.00843. The molecule has 0 aliphatic carbocycles. The zero-order valence-corrected chi connectivity index (χ0v) is 14.7. The van der Waals surface area contributed by atoms with Crippen LogP contribution in [0, 0.1) is 0 Å². The van der Waals surface area contributed by atoms with E-state index in [1.807, 2.05) is 6.07 Å². The topological polar surface area (TPSA) is 97.9 Å². The minimum atomic E-state index is -0.557. The molecule has 138 valence electrons. The lowest BCUT2D eigenvalue weighted by Gasteiger charge is -2.25. The molecule has 7 heteroatoms. The van der Waals surface area contributed by atoms with E-state index in [1.165, 1.54) is 14.2 Å². The molecule has 7 nitrogen and oxygen atoms in total. The molecular formula is C20H17NO6. The lowest BCUT2D eigenvalue weighted by molar-refractivity contribution is -0.135. The maximum atomic E-state index is 12.8. The summed E-state index contributed by atoms with van der Waals surface area (Å²) >= 11 is 0. The third kappa shape index (κ3) is 2.68. The molecule has 0 amide bonds. The lowest BCUT2D eigenvalue weighted by Crippen LogP contribution is -2.28. The van der Waals surface area contributed by atoms with Gasteiger partial charge < -0.3 is 24.3 Å². The van der Waals surface area contributed by atoms with Crippen molar-refractivity contribution in [1.29, 1.82) is 0 Å². The van der Waals surface area contributed by atoms with E-state index in [9.17, 15) is 14.7 Å². The van der Waals surface area contributed by atoms with Gasteiger partial charge >= 0.3 is 5.97 Å². The Morgan fingerprint density at radius 2 is 1.78 bits per heavy atom. The van der Waals surface area contributed by atoms with Crippen molar-refractivity contribution < 1.29 is 24.1 Å². The maximum Gasteiger partial charge on any atom is 0.312 e. The Kier molecular flexibility index (Phi) is 3.99. The van der Waals surface area contributed by atoms with Gasteiger partial charge in [0, 0.05) is 11.3 Å². The molecule has 0 unspecified atom stereocenters. The number of benzene rings is 2. The van der Waals surface area contributed by atoms with Gasteiger partial charge in [0.25, 0.3) is 5.56 Å². The molecule has 0 saturated heterocycles. The number of carbonyl (C=O) groups excluding carboxylic acids is 1. The molecule has 0 fully saturated rings. The summed E-state index contributed by atoms with van der Waals surface area (Å²) in [6.45, 7) is 0. The second kappa shape index (κ2) is 6.35. The summed E-state index contributed by atoms with van der Waals surface area (Å²) in [4.78, 5) is 27.9. The van der Waals surface area contributed by atoms with E-state index in [4.69, 9.17) is 14.2 Å². The number of rotatable bonds is 3. The normalized spacial score (nSPS) is 15.9. The number of phenols is 1. The van der Waals surface area contributed by atoms with Gasteiger partial charge in [0.1, 0.15) is 5.75 Å². The van der Waals surface area contributed by atoms with Gasteiger partial charge in [-0.05, 0) is 29.8 Å². The minimum Gasteiger partial charge on any atom is -0.502 e. The van der Waals surface area contributed by atoms with Gasteiger partial charge in [-0.25, -0.2) is 0 Å². The molecule has 0 radical (unpaired) electrons. The quantitative estimate of drug-likeness (QED) is 0.691. The van der Waals surface area contributed by atoms with Gasteiger partial charge in [0.2, 0.25) is 5.75 Å². The summed E-state index contributed by atoms with van der Waals surface area (Å²) < 4.78 is 15.8. The van der Waals surface area contributed by atoms with E-state index >= 15 is 0 Å². The van der Waals surface area contributed by atoms with E-state index in [0.29, 0.717) is 22.0 Å². The van der Waals surface area contributed by atoms with Crippen molar-refractivity contribution in [2.75, 3.05) is 14.2 Å². The number of aromatic hydroxyl groups is 1. The van der Waals surface area contributed by atoms with Gasteiger partial charge in [-0.3, -0.25) is 9.59 Å². The molecule has 1 aliphatic rings. The highest BCUT2D eigenvalue weighted by Crippen LogP contribution is 2.45. The zero-order chi connectivity index (χ0) is 19.1. The number of H-pyrrole nitrogens is 1. The first-order chi connectivity index (χ1) is 13.0. The summed E-state index contributed by atoms with van der Waals surface area (Å²) in [5, 5.41) is 10.8. The summed E-state index contributed by atoms with van der Waals surface area (Å²) in [5.41, 5.74) is 1.24. The Labute approximate surface area is 154 Å². The van der Waals surface area contributed by atoms with Crippen LogP contribution < -0.4 is 19.8 Å². The number of aromatic amines is 1. The molecule has 1 atom stereocenters. The number of nitrogens with one attached hydrogen (secondary N) is 1. The number of hydrogen-bond donors (Lipinski definition) is 2. The number of esters is 1. The number of pyridine rings is 1. The standard InChI is InChI=1S/C20H17NO6/c1-25-14-7-10(8-15(26-2)18(14)23)12-9-16(22)27-19-11-5-3-4-6-13(11)21-20(24)17(12)19/h3-8,12,23H,9H2,1-2H3,(H,21,24)/t12-/m0/s1. The molecule has 0 spiro atoms. The van der Waals surface area contributed by atoms with E-state index in [-0.39, 0.29) is 35.0 Å². The van der Waals surface area contributed by atoms with E-state index in [0.717, 1.165) is 0 Å². The van der Waals surface area contributed by atoms with Crippen LogP contribution in [-0.2, 0) is 4.79 Å². The molecule has 1 aromatic heterocycles. The van der Waals surface area contributed by atoms with E-state index in [1.54, 1.807) is 30.3 Å². The Hall–Kier alpha value is -3.48. The molecule has 4 rings (SSSR count). The number of phenolic OH excluding ortho intramolecular Hbond substituents is 1. The van der Waals surface area contributed by atoms with Gasteiger partial charge in [-0.1, -0.05) is 12.1 Å². The Balaban J connectivity index is 1.99. The third-order valence-electron chi connectivity index (χ3n) is 4.75. The van der Waals surface area contributed by atoms with Gasteiger partial charge in [-0.2, -0.15) is 0 Å². The fraction of sp³-hybridized carbons (Fsp3) is 0.200. The Morgan fingerprint density at radius 1 is 1.11 bits per heavy atom. The highest BCUT2D eigenvalue weighted by molar-refractivity contribution is 5.91. The average molecular weight is 367 g/mol. The van der Waals surface area contributed by atoms with Crippen LogP contribution in [0.2, 0.25) is 0 Å². The van der Waals surface area contributed by atoms with Crippen LogP contribution in [0.1, 0.15) is 23.5 Å². The predicted octanol–water partition coefficient (Wildman–Crippen LogP) is 2.69. The smallest absolute Gasteiger partial charge is 0.312 e. The number of fused-ring (bicyclic) bond motifs is 3. The zero-order valence-electron chi connectivity index (χ0n) is 14.7. The van der Waals surface area contributed by atoms with Crippen molar-refractivity contribution in [2.24, 2.45) is 0 Å². The van der Waals surface area contributed by atoms with Crippen LogP contribution in [0.5, 0.6) is 23.0 Å². The number of methoxy groups -OCH3 is 2. The number of para-hydroxylation sites is 1.